The van der Waals surface area contributed by atoms with Gasteiger partial charge in [0.25, 0.3) is 5.91 Å². The molecule has 168 valence electrons. The number of anilines is 2. The van der Waals surface area contributed by atoms with Gasteiger partial charge in [0.05, 0.1) is 11.3 Å². The molecule has 0 aromatic heterocycles. The predicted molar refractivity (Wildman–Crippen MR) is 127 cm³/mol. The highest BCUT2D eigenvalue weighted by Gasteiger charge is 2.31. The Morgan fingerprint density at radius 2 is 1.32 bits per heavy atom. The Bertz CT molecular complexity index is 1400. The van der Waals surface area contributed by atoms with Gasteiger partial charge in [0.15, 0.2) is 17.3 Å². The highest BCUT2D eigenvalue weighted by Crippen LogP contribution is 2.32. The SMILES string of the molecule is CC(=O)c1ccc(NC(=O)/C(C)=C\C(=O)Nc2cccc3c2C(=O)c2ccccc2C3=O)cc1. The summed E-state index contributed by atoms with van der Waals surface area (Å²) in [5.74, 6) is -1.85. The van der Waals surface area contributed by atoms with Crippen LogP contribution in [0.1, 0.15) is 56.0 Å². The molecule has 2 amide bonds. The van der Waals surface area contributed by atoms with Gasteiger partial charge in [-0.05, 0) is 44.2 Å². The lowest BCUT2D eigenvalue weighted by molar-refractivity contribution is -0.114. The van der Waals surface area contributed by atoms with Crippen LogP contribution in [-0.2, 0) is 9.59 Å². The molecule has 0 saturated heterocycles. The average Bonchev–Trinajstić information content (AvgIpc) is 2.82. The molecule has 7 nitrogen and oxygen atoms in total. The van der Waals surface area contributed by atoms with E-state index in [2.05, 4.69) is 10.6 Å². The lowest BCUT2D eigenvalue weighted by Crippen LogP contribution is -2.23. The maximum Gasteiger partial charge on any atom is 0.251 e. The van der Waals surface area contributed by atoms with E-state index in [1.54, 1.807) is 60.7 Å². The number of hydrogen-bond donors (Lipinski definition) is 2. The van der Waals surface area contributed by atoms with Gasteiger partial charge >= 0.3 is 0 Å². The number of ketones is 3. The molecule has 3 aromatic rings. The second kappa shape index (κ2) is 9.07. The molecule has 3 aromatic carbocycles. The molecule has 34 heavy (non-hydrogen) atoms. The van der Waals surface area contributed by atoms with Crippen molar-refractivity contribution in [2.75, 3.05) is 10.6 Å². The number of hydrogen-bond acceptors (Lipinski definition) is 5. The van der Waals surface area contributed by atoms with Crippen LogP contribution in [0.15, 0.2) is 78.4 Å². The molecule has 0 saturated carbocycles. The minimum absolute atomic E-state index is 0.0857. The first kappa shape index (κ1) is 22.5. The number of Topliss-reactive ketones (excluding diaryl/α,β-unsaturated/α-hetero) is 1. The highest BCUT2D eigenvalue weighted by molar-refractivity contribution is 6.30. The molecule has 4 rings (SSSR count). The maximum atomic E-state index is 13.1. The van der Waals surface area contributed by atoms with Crippen LogP contribution in [0.2, 0.25) is 0 Å². The molecular weight excluding hydrogens is 432 g/mol. The Kier molecular flexibility index (Phi) is 6.01. The van der Waals surface area contributed by atoms with Gasteiger partial charge in [-0.15, -0.1) is 0 Å². The topological polar surface area (TPSA) is 109 Å². The van der Waals surface area contributed by atoms with Gasteiger partial charge in [-0.1, -0.05) is 36.4 Å². The number of fused-ring (bicyclic) bond motifs is 2. The summed E-state index contributed by atoms with van der Waals surface area (Å²) in [6.45, 7) is 2.93. The summed E-state index contributed by atoms with van der Waals surface area (Å²) < 4.78 is 0. The zero-order valence-corrected chi connectivity index (χ0v) is 18.5. The quantitative estimate of drug-likeness (QED) is 0.349. The minimum Gasteiger partial charge on any atom is -0.322 e. The van der Waals surface area contributed by atoms with Crippen molar-refractivity contribution in [2.24, 2.45) is 0 Å². The number of carbonyl (C=O) groups is 5. The molecule has 0 fully saturated rings. The summed E-state index contributed by atoms with van der Waals surface area (Å²) in [6, 6.07) is 17.6. The maximum absolute atomic E-state index is 13.1. The lowest BCUT2D eigenvalue weighted by Gasteiger charge is -2.20. The average molecular weight is 452 g/mol. The molecule has 1 aliphatic carbocycles. The number of benzene rings is 3. The van der Waals surface area contributed by atoms with Crippen LogP contribution >= 0.6 is 0 Å². The Morgan fingerprint density at radius 1 is 0.706 bits per heavy atom. The van der Waals surface area contributed by atoms with Crippen LogP contribution in [0, 0.1) is 0 Å². The van der Waals surface area contributed by atoms with Crippen molar-refractivity contribution in [1.82, 2.24) is 0 Å². The Labute approximate surface area is 195 Å². The van der Waals surface area contributed by atoms with Gasteiger partial charge in [0, 0.05) is 39.6 Å². The first-order valence-electron chi connectivity index (χ1n) is 10.5. The third-order valence-electron chi connectivity index (χ3n) is 5.47. The molecule has 0 aliphatic heterocycles. The molecule has 0 spiro atoms. The molecule has 0 radical (unpaired) electrons. The zero-order valence-electron chi connectivity index (χ0n) is 18.5. The number of rotatable bonds is 5. The third kappa shape index (κ3) is 4.31. The second-order valence-electron chi connectivity index (χ2n) is 7.84. The summed E-state index contributed by atoms with van der Waals surface area (Å²) in [5, 5.41) is 5.27. The largest absolute Gasteiger partial charge is 0.322 e. The zero-order chi connectivity index (χ0) is 24.4. The standard InChI is InChI=1S/C27H20N2O5/c1-15(27(34)28-18-12-10-17(11-13-18)16(2)30)14-23(31)29-22-9-5-8-21-24(22)26(33)20-7-4-3-6-19(20)25(21)32/h3-14H,1-2H3,(H,28,34)(H,29,31)/b15-14-. The minimum atomic E-state index is -0.618. The van der Waals surface area contributed by atoms with E-state index < -0.39 is 11.8 Å². The van der Waals surface area contributed by atoms with Crippen molar-refractivity contribution in [3.05, 3.63) is 106 Å². The number of nitrogens with one attached hydrogen (secondary N) is 2. The van der Waals surface area contributed by atoms with E-state index >= 15 is 0 Å². The molecular formula is C27H20N2O5. The Balaban J connectivity index is 1.52. The van der Waals surface area contributed by atoms with Crippen LogP contribution < -0.4 is 10.6 Å². The Morgan fingerprint density at radius 3 is 1.97 bits per heavy atom. The van der Waals surface area contributed by atoms with Crippen LogP contribution in [-0.4, -0.2) is 29.2 Å². The summed E-state index contributed by atoms with van der Waals surface area (Å²) in [6.07, 6.45) is 1.11. The van der Waals surface area contributed by atoms with Crippen molar-refractivity contribution < 1.29 is 24.0 Å². The fraction of sp³-hybridized carbons (Fsp3) is 0.0741. The van der Waals surface area contributed by atoms with E-state index in [0.29, 0.717) is 16.8 Å². The number of carbonyl (C=O) groups excluding carboxylic acids is 5. The van der Waals surface area contributed by atoms with Crippen molar-refractivity contribution in [3.63, 3.8) is 0 Å². The molecule has 0 unspecified atom stereocenters. The van der Waals surface area contributed by atoms with Crippen molar-refractivity contribution in [3.8, 4) is 0 Å². The molecule has 7 heteroatoms. The first-order valence-corrected chi connectivity index (χ1v) is 10.5. The molecule has 0 bridgehead atoms. The normalized spacial score (nSPS) is 12.5. The lowest BCUT2D eigenvalue weighted by atomic mass is 9.83. The predicted octanol–water partition coefficient (Wildman–Crippen LogP) is 4.19. The Hall–Kier alpha value is -4.65. The van der Waals surface area contributed by atoms with Gasteiger partial charge in [-0.3, -0.25) is 24.0 Å². The third-order valence-corrected chi connectivity index (χ3v) is 5.47. The van der Waals surface area contributed by atoms with Gasteiger partial charge < -0.3 is 10.6 Å². The van der Waals surface area contributed by atoms with E-state index in [0.717, 1.165) is 6.08 Å². The first-order chi connectivity index (χ1) is 16.3. The van der Waals surface area contributed by atoms with Gasteiger partial charge in [0.1, 0.15) is 0 Å². The van der Waals surface area contributed by atoms with Crippen LogP contribution in [0.25, 0.3) is 0 Å². The molecule has 1 aliphatic rings. The smallest absolute Gasteiger partial charge is 0.251 e. The fourth-order valence-corrected chi connectivity index (χ4v) is 3.70. The van der Waals surface area contributed by atoms with E-state index in [4.69, 9.17) is 0 Å². The molecule has 0 heterocycles. The summed E-state index contributed by atoms with van der Waals surface area (Å²) in [4.78, 5) is 62.3. The van der Waals surface area contributed by atoms with Gasteiger partial charge in [0.2, 0.25) is 5.91 Å². The van der Waals surface area contributed by atoms with E-state index in [9.17, 15) is 24.0 Å². The van der Waals surface area contributed by atoms with Gasteiger partial charge in [-0.2, -0.15) is 0 Å². The van der Waals surface area contributed by atoms with Crippen LogP contribution in [0.4, 0.5) is 11.4 Å². The summed E-state index contributed by atoms with van der Waals surface area (Å²) >= 11 is 0. The van der Waals surface area contributed by atoms with E-state index in [1.807, 2.05) is 0 Å². The monoisotopic (exact) mass is 452 g/mol. The second-order valence-corrected chi connectivity index (χ2v) is 7.84. The van der Waals surface area contributed by atoms with Crippen molar-refractivity contribution in [1.29, 1.82) is 0 Å². The molecule has 0 atom stereocenters. The van der Waals surface area contributed by atoms with Gasteiger partial charge in [-0.25, -0.2) is 0 Å². The van der Waals surface area contributed by atoms with Crippen molar-refractivity contribution >= 4 is 40.5 Å². The molecule has 2 N–H and O–H groups in total. The number of amides is 2. The summed E-state index contributed by atoms with van der Waals surface area (Å²) in [7, 11) is 0. The van der Waals surface area contributed by atoms with Crippen molar-refractivity contribution in [2.45, 2.75) is 13.8 Å². The van der Waals surface area contributed by atoms with E-state index in [-0.39, 0.29) is 45.3 Å². The van der Waals surface area contributed by atoms with Crippen LogP contribution in [0.5, 0.6) is 0 Å². The highest BCUT2D eigenvalue weighted by atomic mass is 16.2. The summed E-state index contributed by atoms with van der Waals surface area (Å²) in [5.41, 5.74) is 2.27. The van der Waals surface area contributed by atoms with Crippen LogP contribution in [0.3, 0.4) is 0 Å². The fourth-order valence-electron chi connectivity index (χ4n) is 3.70. The van der Waals surface area contributed by atoms with E-state index in [1.165, 1.54) is 19.9 Å².